The fourth-order valence-corrected chi connectivity index (χ4v) is 5.57. The van der Waals surface area contributed by atoms with Gasteiger partial charge in [-0.1, -0.05) is 12.8 Å². The lowest BCUT2D eigenvalue weighted by Gasteiger charge is -2.26. The van der Waals surface area contributed by atoms with Crippen molar-refractivity contribution in [1.29, 1.82) is 0 Å². The second kappa shape index (κ2) is 7.15. The molecule has 0 aromatic carbocycles. The Morgan fingerprint density at radius 1 is 1.04 bits per heavy atom. The molecule has 0 amide bonds. The van der Waals surface area contributed by atoms with Crippen molar-refractivity contribution in [1.82, 2.24) is 13.5 Å². The molecule has 3 heterocycles. The van der Waals surface area contributed by atoms with Crippen LogP contribution in [0, 0.1) is 6.92 Å². The molecule has 24 heavy (non-hydrogen) atoms. The van der Waals surface area contributed by atoms with Gasteiger partial charge in [0.25, 0.3) is 10.2 Å². The predicted molar refractivity (Wildman–Crippen MR) is 94.2 cm³/mol. The highest BCUT2D eigenvalue weighted by Gasteiger charge is 2.43. The lowest BCUT2D eigenvalue weighted by molar-refractivity contribution is 0.267. The van der Waals surface area contributed by atoms with Crippen LogP contribution in [0.15, 0.2) is 16.5 Å². The minimum absolute atomic E-state index is 0.0791. The lowest BCUT2D eigenvalue weighted by atomic mass is 10.0. The number of nitrogens with zero attached hydrogens (tertiary/aromatic N) is 3. The minimum atomic E-state index is -3.39. The van der Waals surface area contributed by atoms with Crippen LogP contribution in [0.3, 0.4) is 0 Å². The molecule has 0 unspecified atom stereocenters. The average Bonchev–Trinajstić information content (AvgIpc) is 3.05. The van der Waals surface area contributed by atoms with E-state index in [1.807, 2.05) is 33.2 Å². The second-order valence-electron chi connectivity index (χ2n) is 7.22. The number of hydrogen-bond acceptors (Lipinski definition) is 4. The Hall–Kier alpha value is -0.890. The number of furan rings is 1. The number of hydrogen-bond donors (Lipinski definition) is 0. The van der Waals surface area contributed by atoms with Crippen LogP contribution >= 0.6 is 0 Å². The quantitative estimate of drug-likeness (QED) is 0.829. The van der Waals surface area contributed by atoms with Crippen LogP contribution < -0.4 is 0 Å². The molecule has 0 radical (unpaired) electrons. The molecule has 2 fully saturated rings. The van der Waals surface area contributed by atoms with Crippen LogP contribution in [-0.2, 0) is 10.2 Å². The summed E-state index contributed by atoms with van der Waals surface area (Å²) in [7, 11) is 0.632. The number of rotatable bonds is 4. The van der Waals surface area contributed by atoms with E-state index in [1.54, 1.807) is 8.61 Å². The molecule has 1 aromatic heterocycles. The molecule has 0 saturated carbocycles. The largest absolute Gasteiger partial charge is 0.466 e. The minimum Gasteiger partial charge on any atom is -0.466 e. The van der Waals surface area contributed by atoms with Gasteiger partial charge in [-0.05, 0) is 46.0 Å². The molecular formula is C17H29N3O3S. The fourth-order valence-electron chi connectivity index (χ4n) is 3.83. The van der Waals surface area contributed by atoms with Crippen molar-refractivity contribution in [2.45, 2.75) is 44.6 Å². The summed E-state index contributed by atoms with van der Waals surface area (Å²) in [5.74, 6) is 1.84. The first-order valence-electron chi connectivity index (χ1n) is 8.87. The average molecular weight is 356 g/mol. The van der Waals surface area contributed by atoms with Gasteiger partial charge in [-0.3, -0.25) is 0 Å². The maximum atomic E-state index is 13.1. The highest BCUT2D eigenvalue weighted by Crippen LogP contribution is 2.33. The van der Waals surface area contributed by atoms with Crippen LogP contribution in [0.2, 0.25) is 0 Å². The zero-order valence-electron chi connectivity index (χ0n) is 14.9. The standard InChI is InChI=1S/C17H29N3O3S/c1-14-8-9-17(23-14)15-12-20(13-16(15)18(2)3)24(21,22)19-10-6-4-5-7-11-19/h8-9,15-16H,4-7,10-13H2,1-3H3/t15-,16-/m1/s1. The van der Waals surface area contributed by atoms with Crippen LogP contribution in [0.5, 0.6) is 0 Å². The summed E-state index contributed by atoms with van der Waals surface area (Å²) in [6, 6.07) is 4.07. The van der Waals surface area contributed by atoms with E-state index in [0.29, 0.717) is 26.2 Å². The van der Waals surface area contributed by atoms with Crippen LogP contribution in [0.1, 0.15) is 43.1 Å². The summed E-state index contributed by atoms with van der Waals surface area (Å²) in [4.78, 5) is 2.11. The molecule has 1 aromatic rings. The van der Waals surface area contributed by atoms with Gasteiger partial charge in [-0.2, -0.15) is 17.0 Å². The van der Waals surface area contributed by atoms with Crippen molar-refractivity contribution in [2.24, 2.45) is 0 Å². The first-order valence-corrected chi connectivity index (χ1v) is 10.3. The van der Waals surface area contributed by atoms with Gasteiger partial charge in [0.1, 0.15) is 11.5 Å². The predicted octanol–water partition coefficient (Wildman–Crippen LogP) is 2.04. The Bertz CT molecular complexity index is 648. The summed E-state index contributed by atoms with van der Waals surface area (Å²) >= 11 is 0. The highest BCUT2D eigenvalue weighted by molar-refractivity contribution is 7.86. The monoisotopic (exact) mass is 355 g/mol. The lowest BCUT2D eigenvalue weighted by Crippen LogP contribution is -2.44. The van der Waals surface area contributed by atoms with E-state index in [9.17, 15) is 8.42 Å². The van der Waals surface area contributed by atoms with Gasteiger partial charge in [0.15, 0.2) is 0 Å². The zero-order valence-corrected chi connectivity index (χ0v) is 15.8. The van der Waals surface area contributed by atoms with Gasteiger partial charge in [0, 0.05) is 38.1 Å². The van der Waals surface area contributed by atoms with Gasteiger partial charge in [-0.25, -0.2) is 0 Å². The summed E-state index contributed by atoms with van der Waals surface area (Å²) in [6.07, 6.45) is 4.18. The van der Waals surface area contributed by atoms with Crippen LogP contribution in [0.4, 0.5) is 0 Å². The summed E-state index contributed by atoms with van der Waals surface area (Å²) < 4.78 is 35.3. The van der Waals surface area contributed by atoms with Crippen molar-refractivity contribution in [3.8, 4) is 0 Å². The Labute approximate surface area is 145 Å². The van der Waals surface area contributed by atoms with Crippen molar-refractivity contribution < 1.29 is 12.8 Å². The molecule has 2 atom stereocenters. The normalized spacial score (nSPS) is 27.7. The molecule has 7 heteroatoms. The number of likely N-dealkylation sites (N-methyl/N-ethyl adjacent to an activating group) is 1. The first-order chi connectivity index (χ1) is 11.4. The van der Waals surface area contributed by atoms with E-state index < -0.39 is 10.2 Å². The van der Waals surface area contributed by atoms with E-state index in [-0.39, 0.29) is 12.0 Å². The van der Waals surface area contributed by atoms with Crippen molar-refractivity contribution in [3.05, 3.63) is 23.7 Å². The molecular weight excluding hydrogens is 326 g/mol. The Kier molecular flexibility index (Phi) is 5.34. The molecule has 0 N–H and O–H groups in total. The third kappa shape index (κ3) is 3.54. The molecule has 2 saturated heterocycles. The summed E-state index contributed by atoms with van der Waals surface area (Å²) in [6.45, 7) is 4.24. The molecule has 0 aliphatic carbocycles. The van der Waals surface area contributed by atoms with E-state index in [0.717, 1.165) is 37.2 Å². The molecule has 6 nitrogen and oxygen atoms in total. The summed E-state index contributed by atoms with van der Waals surface area (Å²) in [5.41, 5.74) is 0. The fraction of sp³-hybridized carbons (Fsp3) is 0.765. The van der Waals surface area contributed by atoms with Gasteiger partial charge in [-0.15, -0.1) is 0 Å². The van der Waals surface area contributed by atoms with Crippen molar-refractivity contribution >= 4 is 10.2 Å². The highest BCUT2D eigenvalue weighted by atomic mass is 32.2. The Balaban J connectivity index is 1.81. The van der Waals surface area contributed by atoms with Gasteiger partial charge < -0.3 is 9.32 Å². The molecule has 2 aliphatic rings. The van der Waals surface area contributed by atoms with E-state index in [4.69, 9.17) is 4.42 Å². The molecule has 3 rings (SSSR count). The second-order valence-corrected chi connectivity index (χ2v) is 9.15. The van der Waals surface area contributed by atoms with Gasteiger partial charge >= 0.3 is 0 Å². The van der Waals surface area contributed by atoms with Crippen LogP contribution in [-0.4, -0.2) is 68.2 Å². The van der Waals surface area contributed by atoms with Gasteiger partial charge in [0.05, 0.1) is 0 Å². The molecule has 0 spiro atoms. The first kappa shape index (κ1) is 17.9. The Morgan fingerprint density at radius 2 is 1.71 bits per heavy atom. The third-order valence-electron chi connectivity index (χ3n) is 5.26. The third-order valence-corrected chi connectivity index (χ3v) is 7.23. The Morgan fingerprint density at radius 3 is 2.25 bits per heavy atom. The molecule has 136 valence electrons. The maximum absolute atomic E-state index is 13.1. The van der Waals surface area contributed by atoms with Crippen molar-refractivity contribution in [2.75, 3.05) is 40.3 Å². The van der Waals surface area contributed by atoms with Gasteiger partial charge in [0.2, 0.25) is 0 Å². The van der Waals surface area contributed by atoms with Crippen molar-refractivity contribution in [3.63, 3.8) is 0 Å². The molecule has 0 bridgehead atoms. The maximum Gasteiger partial charge on any atom is 0.282 e. The summed E-state index contributed by atoms with van der Waals surface area (Å²) in [5, 5.41) is 0. The van der Waals surface area contributed by atoms with E-state index in [2.05, 4.69) is 4.90 Å². The van der Waals surface area contributed by atoms with Crippen LogP contribution in [0.25, 0.3) is 0 Å². The molecule has 2 aliphatic heterocycles. The smallest absolute Gasteiger partial charge is 0.282 e. The number of aryl methyl sites for hydroxylation is 1. The SMILES string of the molecule is Cc1ccc([C@@H]2CN(S(=O)(=O)N3CCCCCC3)C[C@H]2N(C)C)o1. The zero-order chi connectivity index (χ0) is 17.3. The van der Waals surface area contributed by atoms with E-state index >= 15 is 0 Å². The van der Waals surface area contributed by atoms with E-state index in [1.165, 1.54) is 0 Å². The topological polar surface area (TPSA) is 57.0 Å².